The molecular weight excluding hydrogens is 470 g/mol. The van der Waals surface area contributed by atoms with Gasteiger partial charge in [-0.1, -0.05) is 24.1 Å². The third kappa shape index (κ3) is 4.33. The van der Waals surface area contributed by atoms with Crippen LogP contribution in [0.4, 0.5) is 0 Å². The van der Waals surface area contributed by atoms with Gasteiger partial charge in [-0.25, -0.2) is 4.79 Å². The molecule has 0 atom stereocenters. The number of aromatic nitrogens is 4. The van der Waals surface area contributed by atoms with Gasteiger partial charge in [-0.2, -0.15) is 0 Å². The Hall–Kier alpha value is -3.43. The predicted octanol–water partition coefficient (Wildman–Crippen LogP) is 4.51. The van der Waals surface area contributed by atoms with E-state index in [9.17, 15) is 4.79 Å². The molecule has 1 aromatic carbocycles. The number of benzene rings is 1. The highest BCUT2D eigenvalue weighted by molar-refractivity contribution is 7.96. The Morgan fingerprint density at radius 3 is 2.56 bits per heavy atom. The number of hydrogen-bond acceptors (Lipinski definition) is 7. The van der Waals surface area contributed by atoms with Gasteiger partial charge in [-0.3, -0.25) is 23.8 Å². The fourth-order valence-corrected chi connectivity index (χ4v) is 5.81. The first-order chi connectivity index (χ1) is 17.5. The van der Waals surface area contributed by atoms with Crippen molar-refractivity contribution in [1.29, 1.82) is 5.41 Å². The molecule has 0 spiro atoms. The summed E-state index contributed by atoms with van der Waals surface area (Å²) in [6, 6.07) is 10.8. The second-order valence-electron chi connectivity index (χ2n) is 9.23. The van der Waals surface area contributed by atoms with E-state index < -0.39 is 0 Å². The Kier molecular flexibility index (Phi) is 6.93. The van der Waals surface area contributed by atoms with Crippen LogP contribution >= 0.6 is 11.9 Å². The third-order valence-corrected chi connectivity index (χ3v) is 7.68. The van der Waals surface area contributed by atoms with Gasteiger partial charge in [-0.05, 0) is 55.7 Å². The molecule has 1 aliphatic rings. The van der Waals surface area contributed by atoms with E-state index in [1.807, 2.05) is 48.3 Å². The summed E-state index contributed by atoms with van der Waals surface area (Å²) in [6.07, 6.45) is 12.8. The maximum Gasteiger partial charge on any atom is 0.329 e. The van der Waals surface area contributed by atoms with Gasteiger partial charge in [-0.15, -0.1) is 0 Å². The van der Waals surface area contributed by atoms with Crippen molar-refractivity contribution in [3.05, 3.63) is 65.1 Å². The lowest BCUT2D eigenvalue weighted by Crippen LogP contribution is -2.33. The van der Waals surface area contributed by atoms with Crippen molar-refractivity contribution >= 4 is 45.7 Å². The summed E-state index contributed by atoms with van der Waals surface area (Å²) < 4.78 is 7.22. The van der Waals surface area contributed by atoms with Crippen LogP contribution in [0.5, 0.6) is 0 Å². The predicted molar refractivity (Wildman–Crippen MR) is 149 cm³/mol. The molecule has 0 aliphatic heterocycles. The summed E-state index contributed by atoms with van der Waals surface area (Å²) in [7, 11) is 3.64. The van der Waals surface area contributed by atoms with Crippen LogP contribution in [0.15, 0.2) is 53.7 Å². The number of rotatable bonds is 7. The number of aryl methyl sites for hydroxylation is 1. The lowest BCUT2D eigenvalue weighted by atomic mass is 9.91. The van der Waals surface area contributed by atoms with Crippen molar-refractivity contribution in [2.75, 3.05) is 13.3 Å². The number of nitrogens with zero attached hydrogens (tertiary/aromatic N) is 4. The van der Waals surface area contributed by atoms with Crippen LogP contribution in [0.2, 0.25) is 0 Å². The molecule has 1 aliphatic carbocycles. The van der Waals surface area contributed by atoms with Crippen LogP contribution in [-0.2, 0) is 7.05 Å². The number of hydrogen-bond donors (Lipinski definition) is 3. The Bertz CT molecular complexity index is 1490. The van der Waals surface area contributed by atoms with Crippen LogP contribution in [0.1, 0.15) is 37.4 Å². The molecule has 5 rings (SSSR count). The van der Waals surface area contributed by atoms with Crippen molar-refractivity contribution in [3.63, 3.8) is 0 Å². The number of imidazole rings is 1. The molecule has 0 saturated heterocycles. The van der Waals surface area contributed by atoms with E-state index in [4.69, 9.17) is 5.41 Å². The molecule has 3 heterocycles. The summed E-state index contributed by atoms with van der Waals surface area (Å²) in [5.74, 6) is 0. The zero-order valence-corrected chi connectivity index (χ0v) is 21.6. The van der Waals surface area contributed by atoms with Gasteiger partial charge in [0.2, 0.25) is 0 Å². The van der Waals surface area contributed by atoms with Gasteiger partial charge in [0.25, 0.3) is 0 Å². The molecule has 1 saturated carbocycles. The van der Waals surface area contributed by atoms with Crippen molar-refractivity contribution in [2.24, 2.45) is 7.05 Å². The highest BCUT2D eigenvalue weighted by atomic mass is 32.2. The molecular formula is C27H31N7OS. The normalized spacial score (nSPS) is 18.6. The number of nitrogens with one attached hydrogen (secondary N) is 3. The summed E-state index contributed by atoms with van der Waals surface area (Å²) in [5, 5.41) is 11.6. The summed E-state index contributed by atoms with van der Waals surface area (Å²) in [6.45, 7) is 0. The second-order valence-corrected chi connectivity index (χ2v) is 9.87. The molecule has 8 nitrogen and oxygen atoms in total. The molecule has 0 bridgehead atoms. The van der Waals surface area contributed by atoms with Crippen molar-refractivity contribution in [1.82, 2.24) is 29.1 Å². The summed E-state index contributed by atoms with van der Waals surface area (Å²) in [5.41, 5.74) is 6.14. The maximum absolute atomic E-state index is 13.4. The number of pyridine rings is 2. The van der Waals surface area contributed by atoms with E-state index in [1.54, 1.807) is 29.8 Å². The van der Waals surface area contributed by atoms with Gasteiger partial charge in [0.1, 0.15) is 0 Å². The average Bonchev–Trinajstić information content (AvgIpc) is 3.18. The zero-order chi connectivity index (χ0) is 25.2. The first-order valence-corrected chi connectivity index (χ1v) is 13.4. The minimum Gasteiger partial charge on any atom is -0.393 e. The Morgan fingerprint density at radius 1 is 1.11 bits per heavy atom. The fraction of sp³-hybridized carbons (Fsp3) is 0.333. The van der Waals surface area contributed by atoms with Gasteiger partial charge in [0, 0.05) is 61.3 Å². The molecule has 0 amide bonds. The molecule has 3 N–H and O–H groups in total. The second kappa shape index (κ2) is 10.3. The van der Waals surface area contributed by atoms with E-state index in [2.05, 4.69) is 32.3 Å². The Morgan fingerprint density at radius 2 is 1.89 bits per heavy atom. The third-order valence-electron chi connectivity index (χ3n) is 7.11. The lowest BCUT2D eigenvalue weighted by Gasteiger charge is -2.29. The van der Waals surface area contributed by atoms with Gasteiger partial charge < -0.3 is 10.7 Å². The minimum atomic E-state index is 0.0208. The van der Waals surface area contributed by atoms with Crippen molar-refractivity contribution in [3.8, 4) is 11.1 Å². The monoisotopic (exact) mass is 501 g/mol. The largest absolute Gasteiger partial charge is 0.393 e. The molecule has 1 fully saturated rings. The average molecular weight is 502 g/mol. The molecule has 3 aromatic heterocycles. The molecule has 36 heavy (non-hydrogen) atoms. The first-order valence-electron chi connectivity index (χ1n) is 12.2. The topological polar surface area (TPSA) is 101 Å². The highest BCUT2D eigenvalue weighted by Crippen LogP contribution is 2.34. The summed E-state index contributed by atoms with van der Waals surface area (Å²) in [4.78, 5) is 22.7. The zero-order valence-electron chi connectivity index (χ0n) is 20.8. The van der Waals surface area contributed by atoms with Crippen LogP contribution in [-0.4, -0.2) is 44.7 Å². The van der Waals surface area contributed by atoms with Crippen LogP contribution in [0.3, 0.4) is 0 Å². The van der Waals surface area contributed by atoms with Crippen LogP contribution in [0.25, 0.3) is 38.6 Å². The fourth-order valence-electron chi connectivity index (χ4n) is 5.24. The first kappa shape index (κ1) is 24.3. The van der Waals surface area contributed by atoms with Gasteiger partial charge in [0.05, 0.1) is 28.4 Å². The maximum atomic E-state index is 13.4. The van der Waals surface area contributed by atoms with Gasteiger partial charge in [0.15, 0.2) is 0 Å². The number of fused-ring (bicyclic) bond motifs is 3. The molecule has 4 aromatic rings. The smallest absolute Gasteiger partial charge is 0.329 e. The highest BCUT2D eigenvalue weighted by Gasteiger charge is 2.26. The Labute approximate surface area is 214 Å². The molecule has 0 radical (unpaired) electrons. The van der Waals surface area contributed by atoms with Crippen LogP contribution < -0.4 is 15.7 Å². The Balaban J connectivity index is 1.59. The molecule has 0 unspecified atom stereocenters. The van der Waals surface area contributed by atoms with Crippen molar-refractivity contribution in [2.45, 2.75) is 37.8 Å². The molecule has 9 heteroatoms. The standard InChI is InChI=1S/C27H31N7OS/c1-29-14-19(13-28)23-10-5-18(15-30-23)17-4-11-24-22(12-17)26-25(16-31-24)33(2)27(35)34(26)21-8-6-20(7-9-21)32-36-3/h4-5,10-16,20-21,28-29,32H,6-9H2,1-3H3/b19-14+,28-13?. The van der Waals surface area contributed by atoms with Gasteiger partial charge >= 0.3 is 5.69 Å². The van der Waals surface area contributed by atoms with Crippen molar-refractivity contribution < 1.29 is 0 Å². The van der Waals surface area contributed by atoms with E-state index >= 15 is 0 Å². The number of allylic oxidation sites excluding steroid dienone is 1. The quantitative estimate of drug-likeness (QED) is 0.254. The lowest BCUT2D eigenvalue weighted by molar-refractivity contribution is 0.314. The molecule has 186 valence electrons. The minimum absolute atomic E-state index is 0.0208. The SMILES string of the molecule is CN/C=C(\C=N)c1ccc(-c2ccc3ncc4c(c3c2)n(C2CCC(NSC)CC2)c(=O)n4C)cn1. The van der Waals surface area contributed by atoms with E-state index in [0.717, 1.165) is 64.4 Å². The van der Waals surface area contributed by atoms with E-state index in [1.165, 1.54) is 6.21 Å². The summed E-state index contributed by atoms with van der Waals surface area (Å²) >= 11 is 1.67. The van der Waals surface area contributed by atoms with E-state index in [-0.39, 0.29) is 11.7 Å². The van der Waals surface area contributed by atoms with E-state index in [0.29, 0.717) is 11.6 Å². The van der Waals surface area contributed by atoms with Crippen LogP contribution in [0, 0.1) is 5.41 Å².